The molecule has 0 saturated carbocycles. The van der Waals surface area contributed by atoms with Crippen LogP contribution in [0.2, 0.25) is 0 Å². The maximum atomic E-state index is 2.27. The lowest BCUT2D eigenvalue weighted by Crippen LogP contribution is -2.08. The number of benzene rings is 1. The van der Waals surface area contributed by atoms with Gasteiger partial charge >= 0.3 is 0 Å². The Kier molecular flexibility index (Phi) is 3.35. The van der Waals surface area contributed by atoms with Gasteiger partial charge in [0, 0.05) is 19.8 Å². The Labute approximate surface area is 81.4 Å². The van der Waals surface area contributed by atoms with Gasteiger partial charge in [-0.2, -0.15) is 0 Å². The average molecular weight is 177 g/mol. The van der Waals surface area contributed by atoms with Crippen molar-refractivity contribution in [3.05, 3.63) is 29.8 Å². The van der Waals surface area contributed by atoms with Gasteiger partial charge in [-0.25, -0.2) is 0 Å². The highest BCUT2D eigenvalue weighted by Crippen LogP contribution is 2.22. The zero-order valence-electron chi connectivity index (χ0n) is 9.04. The SMILES string of the molecule is CCC(C)c1cccc(N(C)C)c1. The summed E-state index contributed by atoms with van der Waals surface area (Å²) >= 11 is 0. The molecule has 1 heteroatoms. The number of hydrogen-bond acceptors (Lipinski definition) is 1. The van der Waals surface area contributed by atoms with Gasteiger partial charge in [0.2, 0.25) is 0 Å². The summed E-state index contributed by atoms with van der Waals surface area (Å²) in [7, 11) is 4.16. The molecule has 1 aromatic carbocycles. The topological polar surface area (TPSA) is 3.24 Å². The van der Waals surface area contributed by atoms with Crippen molar-refractivity contribution in [2.75, 3.05) is 19.0 Å². The number of rotatable bonds is 3. The van der Waals surface area contributed by atoms with Gasteiger partial charge in [0.05, 0.1) is 0 Å². The van der Waals surface area contributed by atoms with E-state index >= 15 is 0 Å². The summed E-state index contributed by atoms with van der Waals surface area (Å²) < 4.78 is 0. The Morgan fingerprint density at radius 2 is 2.00 bits per heavy atom. The van der Waals surface area contributed by atoms with Gasteiger partial charge in [0.1, 0.15) is 0 Å². The van der Waals surface area contributed by atoms with Crippen LogP contribution in [0.4, 0.5) is 5.69 Å². The van der Waals surface area contributed by atoms with E-state index in [1.54, 1.807) is 0 Å². The lowest BCUT2D eigenvalue weighted by molar-refractivity contribution is 0.733. The second kappa shape index (κ2) is 4.31. The van der Waals surface area contributed by atoms with Gasteiger partial charge in [0.15, 0.2) is 0 Å². The van der Waals surface area contributed by atoms with Gasteiger partial charge in [0.25, 0.3) is 0 Å². The van der Waals surface area contributed by atoms with E-state index in [2.05, 4.69) is 57.1 Å². The van der Waals surface area contributed by atoms with E-state index in [9.17, 15) is 0 Å². The fourth-order valence-corrected chi connectivity index (χ4v) is 1.35. The fraction of sp³-hybridized carbons (Fsp3) is 0.500. The molecule has 0 amide bonds. The van der Waals surface area contributed by atoms with Crippen LogP contribution in [-0.2, 0) is 0 Å². The first-order chi connectivity index (χ1) is 6.15. The van der Waals surface area contributed by atoms with Crippen molar-refractivity contribution in [1.82, 2.24) is 0 Å². The van der Waals surface area contributed by atoms with Crippen LogP contribution in [0.3, 0.4) is 0 Å². The van der Waals surface area contributed by atoms with Crippen molar-refractivity contribution in [1.29, 1.82) is 0 Å². The largest absolute Gasteiger partial charge is 0.378 e. The predicted molar refractivity (Wildman–Crippen MR) is 59.5 cm³/mol. The minimum Gasteiger partial charge on any atom is -0.378 e. The molecule has 0 heterocycles. The summed E-state index contributed by atoms with van der Waals surface area (Å²) in [5.74, 6) is 0.667. The molecule has 0 aromatic heterocycles. The summed E-state index contributed by atoms with van der Waals surface area (Å²) in [5.41, 5.74) is 2.73. The molecule has 1 rings (SSSR count). The fourth-order valence-electron chi connectivity index (χ4n) is 1.35. The van der Waals surface area contributed by atoms with Crippen LogP contribution in [-0.4, -0.2) is 14.1 Å². The van der Waals surface area contributed by atoms with Crippen molar-refractivity contribution in [3.8, 4) is 0 Å². The highest BCUT2D eigenvalue weighted by atomic mass is 15.1. The molecule has 1 unspecified atom stereocenters. The molecule has 72 valence electrons. The lowest BCUT2D eigenvalue weighted by atomic mass is 9.98. The second-order valence-electron chi connectivity index (χ2n) is 3.80. The zero-order valence-corrected chi connectivity index (χ0v) is 9.04. The van der Waals surface area contributed by atoms with Crippen LogP contribution in [0.25, 0.3) is 0 Å². The first-order valence-electron chi connectivity index (χ1n) is 4.92. The summed E-state index contributed by atoms with van der Waals surface area (Å²) in [5, 5.41) is 0. The van der Waals surface area contributed by atoms with Crippen molar-refractivity contribution in [2.24, 2.45) is 0 Å². The standard InChI is InChI=1S/C12H19N/c1-5-10(2)11-7-6-8-12(9-11)13(3)4/h6-10H,5H2,1-4H3. The van der Waals surface area contributed by atoms with Gasteiger partial charge in [-0.15, -0.1) is 0 Å². The first-order valence-corrected chi connectivity index (χ1v) is 4.92. The van der Waals surface area contributed by atoms with Crippen LogP contribution in [0.15, 0.2) is 24.3 Å². The molecule has 0 fully saturated rings. The van der Waals surface area contributed by atoms with Crippen LogP contribution in [0.5, 0.6) is 0 Å². The quantitative estimate of drug-likeness (QED) is 0.685. The Bertz CT molecular complexity index is 266. The molecular weight excluding hydrogens is 158 g/mol. The molecule has 1 atom stereocenters. The third kappa shape index (κ3) is 2.48. The summed E-state index contributed by atoms with van der Waals surface area (Å²) in [6.07, 6.45) is 1.21. The second-order valence-corrected chi connectivity index (χ2v) is 3.80. The highest BCUT2D eigenvalue weighted by Gasteiger charge is 2.03. The van der Waals surface area contributed by atoms with E-state index in [1.807, 2.05) is 0 Å². The van der Waals surface area contributed by atoms with E-state index < -0.39 is 0 Å². The van der Waals surface area contributed by atoms with Gasteiger partial charge in [-0.3, -0.25) is 0 Å². The van der Waals surface area contributed by atoms with Crippen molar-refractivity contribution in [2.45, 2.75) is 26.2 Å². The summed E-state index contributed by atoms with van der Waals surface area (Å²) in [6.45, 7) is 4.50. The Hall–Kier alpha value is -0.980. The predicted octanol–water partition coefficient (Wildman–Crippen LogP) is 3.27. The molecule has 0 bridgehead atoms. The highest BCUT2D eigenvalue weighted by molar-refractivity contribution is 5.47. The molecule has 13 heavy (non-hydrogen) atoms. The van der Waals surface area contributed by atoms with Crippen LogP contribution >= 0.6 is 0 Å². The Balaban J connectivity index is 2.91. The average Bonchev–Trinajstić information content (AvgIpc) is 2.17. The number of hydrogen-bond donors (Lipinski definition) is 0. The van der Waals surface area contributed by atoms with Gasteiger partial charge in [-0.05, 0) is 30.0 Å². The molecule has 0 spiro atoms. The van der Waals surface area contributed by atoms with E-state index in [-0.39, 0.29) is 0 Å². The van der Waals surface area contributed by atoms with Crippen molar-refractivity contribution >= 4 is 5.69 Å². The minimum absolute atomic E-state index is 0.667. The van der Waals surface area contributed by atoms with E-state index in [0.29, 0.717) is 5.92 Å². The smallest absolute Gasteiger partial charge is 0.0363 e. The number of nitrogens with zero attached hydrogens (tertiary/aromatic N) is 1. The number of anilines is 1. The molecular formula is C12H19N. The van der Waals surface area contributed by atoms with Gasteiger partial charge < -0.3 is 4.90 Å². The van der Waals surface area contributed by atoms with Crippen LogP contribution in [0.1, 0.15) is 31.7 Å². The molecule has 1 aromatic rings. The normalized spacial score (nSPS) is 12.6. The Morgan fingerprint density at radius 1 is 1.31 bits per heavy atom. The Morgan fingerprint density at radius 3 is 2.54 bits per heavy atom. The van der Waals surface area contributed by atoms with E-state index in [0.717, 1.165) is 0 Å². The van der Waals surface area contributed by atoms with E-state index in [1.165, 1.54) is 17.7 Å². The van der Waals surface area contributed by atoms with Crippen molar-refractivity contribution in [3.63, 3.8) is 0 Å². The summed E-state index contributed by atoms with van der Waals surface area (Å²) in [6, 6.07) is 8.76. The van der Waals surface area contributed by atoms with E-state index in [4.69, 9.17) is 0 Å². The van der Waals surface area contributed by atoms with Crippen LogP contribution < -0.4 is 4.90 Å². The minimum atomic E-state index is 0.667. The molecule has 1 nitrogen and oxygen atoms in total. The first kappa shape index (κ1) is 10.1. The van der Waals surface area contributed by atoms with Crippen molar-refractivity contribution < 1.29 is 0 Å². The third-order valence-electron chi connectivity index (χ3n) is 2.57. The van der Waals surface area contributed by atoms with Crippen LogP contribution in [0, 0.1) is 0 Å². The molecule has 0 aliphatic heterocycles. The maximum absolute atomic E-state index is 2.27. The molecule has 0 aliphatic carbocycles. The monoisotopic (exact) mass is 177 g/mol. The molecule has 0 radical (unpaired) electrons. The molecule has 0 N–H and O–H groups in total. The molecule has 0 aliphatic rings. The van der Waals surface area contributed by atoms with Gasteiger partial charge in [-0.1, -0.05) is 26.0 Å². The molecule has 0 saturated heterocycles. The lowest BCUT2D eigenvalue weighted by Gasteiger charge is -2.15. The maximum Gasteiger partial charge on any atom is 0.0363 e. The zero-order chi connectivity index (χ0) is 9.84. The third-order valence-corrected chi connectivity index (χ3v) is 2.57. The summed E-state index contributed by atoms with van der Waals surface area (Å²) in [4.78, 5) is 2.14.